The highest BCUT2D eigenvalue weighted by molar-refractivity contribution is 5.98. The summed E-state index contributed by atoms with van der Waals surface area (Å²) in [6.45, 7) is 4.24. The normalized spacial score (nSPS) is 18.2. The van der Waals surface area contributed by atoms with Gasteiger partial charge in [0.05, 0.1) is 5.69 Å². The minimum absolute atomic E-state index is 0.146. The zero-order valence-electron chi connectivity index (χ0n) is 13.4. The van der Waals surface area contributed by atoms with Gasteiger partial charge in [0.25, 0.3) is 5.91 Å². The van der Waals surface area contributed by atoms with Gasteiger partial charge in [-0.1, -0.05) is 0 Å². The summed E-state index contributed by atoms with van der Waals surface area (Å²) in [6.07, 6.45) is 6.44. The third kappa shape index (κ3) is 3.04. The molecule has 1 saturated heterocycles. The first-order valence-electron chi connectivity index (χ1n) is 7.84. The third-order valence-corrected chi connectivity index (χ3v) is 4.22. The van der Waals surface area contributed by atoms with Crippen molar-refractivity contribution in [2.75, 3.05) is 13.2 Å². The number of aryl methyl sites for hydroxylation is 1. The van der Waals surface area contributed by atoms with Crippen LogP contribution in [0.3, 0.4) is 0 Å². The quantitative estimate of drug-likeness (QED) is 0.804. The second-order valence-electron chi connectivity index (χ2n) is 5.86. The monoisotopic (exact) mass is 316 g/mol. The summed E-state index contributed by atoms with van der Waals surface area (Å²) < 4.78 is 6.74. The summed E-state index contributed by atoms with van der Waals surface area (Å²) in [5.41, 5.74) is 1.28. The molecule has 1 fully saturated rings. The van der Waals surface area contributed by atoms with Gasteiger partial charge < -0.3 is 9.64 Å². The van der Waals surface area contributed by atoms with E-state index < -0.39 is 5.97 Å². The molecule has 2 aromatic rings. The number of esters is 1. The first-order valence-corrected chi connectivity index (χ1v) is 7.84. The number of carbonyl (C=O) groups is 2. The van der Waals surface area contributed by atoms with Crippen LogP contribution in [0.15, 0.2) is 18.5 Å². The summed E-state index contributed by atoms with van der Waals surface area (Å²) in [5, 5.41) is 4.22. The van der Waals surface area contributed by atoms with E-state index in [0.717, 1.165) is 25.8 Å². The van der Waals surface area contributed by atoms with Gasteiger partial charge in [0, 0.05) is 25.0 Å². The molecular weight excluding hydrogens is 296 g/mol. The van der Waals surface area contributed by atoms with Crippen molar-refractivity contribution in [1.82, 2.24) is 19.5 Å². The third-order valence-electron chi connectivity index (χ3n) is 4.22. The smallest absolute Gasteiger partial charge is 0.344 e. The van der Waals surface area contributed by atoms with E-state index in [1.54, 1.807) is 30.3 Å². The lowest BCUT2D eigenvalue weighted by Crippen LogP contribution is -2.44. The Kier molecular flexibility index (Phi) is 4.27. The molecule has 7 nitrogen and oxygen atoms in total. The average Bonchev–Trinajstić information content (AvgIpc) is 2.88. The maximum Gasteiger partial charge on any atom is 0.344 e. The lowest BCUT2D eigenvalue weighted by molar-refractivity contribution is -0.137. The largest absolute Gasteiger partial charge is 0.452 e. The lowest BCUT2D eigenvalue weighted by atomic mass is 10.0. The molecule has 0 saturated carbocycles. The van der Waals surface area contributed by atoms with Crippen LogP contribution in [0.25, 0.3) is 5.65 Å². The van der Waals surface area contributed by atoms with Crippen LogP contribution >= 0.6 is 0 Å². The molecule has 1 aliphatic heterocycles. The Labute approximate surface area is 134 Å². The number of piperidine rings is 1. The van der Waals surface area contributed by atoms with Gasteiger partial charge in [-0.3, -0.25) is 4.79 Å². The molecule has 1 aliphatic rings. The zero-order chi connectivity index (χ0) is 16.4. The second-order valence-corrected chi connectivity index (χ2v) is 5.86. The number of amides is 1. The van der Waals surface area contributed by atoms with Gasteiger partial charge in [0.15, 0.2) is 12.3 Å². The van der Waals surface area contributed by atoms with Gasteiger partial charge in [-0.05, 0) is 39.2 Å². The minimum atomic E-state index is -0.561. The molecule has 23 heavy (non-hydrogen) atoms. The molecular formula is C16H20N4O3. The Morgan fingerprint density at radius 2 is 2.22 bits per heavy atom. The zero-order valence-corrected chi connectivity index (χ0v) is 13.4. The van der Waals surface area contributed by atoms with E-state index in [-0.39, 0.29) is 18.6 Å². The Morgan fingerprint density at radius 1 is 1.39 bits per heavy atom. The van der Waals surface area contributed by atoms with Crippen LogP contribution in [0.4, 0.5) is 0 Å². The molecule has 0 N–H and O–H groups in total. The number of hydrogen-bond donors (Lipinski definition) is 0. The molecule has 0 radical (unpaired) electrons. The van der Waals surface area contributed by atoms with Crippen molar-refractivity contribution in [1.29, 1.82) is 0 Å². The maximum absolute atomic E-state index is 12.3. The number of nitrogens with zero attached hydrogens (tertiary/aromatic N) is 4. The molecule has 3 rings (SSSR count). The first-order chi connectivity index (χ1) is 11.1. The van der Waals surface area contributed by atoms with E-state index in [1.165, 1.54) is 4.52 Å². The van der Waals surface area contributed by atoms with Crippen LogP contribution in [-0.4, -0.2) is 50.6 Å². The van der Waals surface area contributed by atoms with Crippen molar-refractivity contribution in [3.63, 3.8) is 0 Å². The highest BCUT2D eigenvalue weighted by Gasteiger charge is 2.25. The van der Waals surface area contributed by atoms with E-state index in [0.29, 0.717) is 16.9 Å². The molecule has 122 valence electrons. The van der Waals surface area contributed by atoms with Crippen molar-refractivity contribution < 1.29 is 14.3 Å². The number of aromatic nitrogens is 3. The van der Waals surface area contributed by atoms with Crippen LogP contribution in [0.1, 0.15) is 42.2 Å². The van der Waals surface area contributed by atoms with Gasteiger partial charge in [-0.25, -0.2) is 14.3 Å². The highest BCUT2D eigenvalue weighted by atomic mass is 16.5. The number of hydrogen-bond acceptors (Lipinski definition) is 5. The number of fused-ring (bicyclic) bond motifs is 1. The molecule has 2 aromatic heterocycles. The predicted molar refractivity (Wildman–Crippen MR) is 83.0 cm³/mol. The predicted octanol–water partition coefficient (Wildman–Crippen LogP) is 1.60. The molecule has 0 aromatic carbocycles. The van der Waals surface area contributed by atoms with Crippen LogP contribution in [0.2, 0.25) is 0 Å². The minimum Gasteiger partial charge on any atom is -0.452 e. The van der Waals surface area contributed by atoms with Crippen LogP contribution in [-0.2, 0) is 9.53 Å². The van der Waals surface area contributed by atoms with Crippen LogP contribution in [0, 0.1) is 6.92 Å². The Hall–Kier alpha value is -2.44. The van der Waals surface area contributed by atoms with Gasteiger partial charge in [-0.2, -0.15) is 5.10 Å². The molecule has 1 atom stereocenters. The number of ether oxygens (including phenoxy) is 1. The number of rotatable bonds is 3. The molecule has 7 heteroatoms. The van der Waals surface area contributed by atoms with E-state index in [4.69, 9.17) is 4.74 Å². The highest BCUT2D eigenvalue weighted by Crippen LogP contribution is 2.17. The van der Waals surface area contributed by atoms with Crippen molar-refractivity contribution in [2.24, 2.45) is 0 Å². The van der Waals surface area contributed by atoms with Gasteiger partial charge >= 0.3 is 5.97 Å². The van der Waals surface area contributed by atoms with Crippen molar-refractivity contribution in [3.05, 3.63) is 29.7 Å². The summed E-state index contributed by atoms with van der Waals surface area (Å²) in [4.78, 5) is 30.5. The number of carbonyl (C=O) groups excluding carboxylic acids is 2. The first kappa shape index (κ1) is 15.5. The summed E-state index contributed by atoms with van der Waals surface area (Å²) in [6, 6.07) is 1.94. The molecule has 0 aliphatic carbocycles. The van der Waals surface area contributed by atoms with Crippen molar-refractivity contribution in [3.8, 4) is 0 Å². The number of likely N-dealkylation sites (tertiary alicyclic amines) is 1. The molecule has 0 bridgehead atoms. The van der Waals surface area contributed by atoms with E-state index in [9.17, 15) is 9.59 Å². The molecule has 1 amide bonds. The standard InChI is InChI=1S/C16H20N4O3/c1-11-6-3-4-8-19(11)13(21)10-23-16(22)14-12(2)18-20-9-5-7-17-15(14)20/h5,7,9,11H,3-4,6,8,10H2,1-2H3. The van der Waals surface area contributed by atoms with E-state index in [2.05, 4.69) is 10.1 Å². The van der Waals surface area contributed by atoms with E-state index >= 15 is 0 Å². The Bertz CT molecular complexity index is 740. The van der Waals surface area contributed by atoms with Crippen LogP contribution < -0.4 is 0 Å². The van der Waals surface area contributed by atoms with Crippen molar-refractivity contribution in [2.45, 2.75) is 39.2 Å². The fourth-order valence-electron chi connectivity index (χ4n) is 2.99. The average molecular weight is 316 g/mol. The van der Waals surface area contributed by atoms with Gasteiger partial charge in [0.1, 0.15) is 5.56 Å². The maximum atomic E-state index is 12.3. The summed E-state index contributed by atoms with van der Waals surface area (Å²) in [7, 11) is 0. The van der Waals surface area contributed by atoms with Gasteiger partial charge in [-0.15, -0.1) is 0 Å². The fraction of sp³-hybridized carbons (Fsp3) is 0.500. The molecule has 0 spiro atoms. The van der Waals surface area contributed by atoms with E-state index in [1.807, 2.05) is 6.92 Å². The Morgan fingerprint density at radius 3 is 3.00 bits per heavy atom. The van der Waals surface area contributed by atoms with Gasteiger partial charge in [0.2, 0.25) is 0 Å². The summed E-state index contributed by atoms with van der Waals surface area (Å²) in [5.74, 6) is -0.707. The SMILES string of the molecule is Cc1nn2cccnc2c1C(=O)OCC(=O)N1CCCCC1C. The Balaban J connectivity index is 1.69. The summed E-state index contributed by atoms with van der Waals surface area (Å²) >= 11 is 0. The lowest BCUT2D eigenvalue weighted by Gasteiger charge is -2.33. The second kappa shape index (κ2) is 6.36. The van der Waals surface area contributed by atoms with Crippen LogP contribution in [0.5, 0.6) is 0 Å². The topological polar surface area (TPSA) is 76.8 Å². The molecule has 1 unspecified atom stereocenters. The fourth-order valence-corrected chi connectivity index (χ4v) is 2.99. The van der Waals surface area contributed by atoms with Crippen molar-refractivity contribution >= 4 is 17.5 Å². The molecule has 3 heterocycles.